The fourth-order valence-electron chi connectivity index (χ4n) is 5.50. The van der Waals surface area contributed by atoms with Crippen LogP contribution >= 0.6 is 0 Å². The topological polar surface area (TPSA) is 95.9 Å². The number of hydrogen-bond donors (Lipinski definition) is 2. The number of carbonyl (C=O) groups is 3. The average Bonchev–Trinajstić information content (AvgIpc) is 3.44. The van der Waals surface area contributed by atoms with Gasteiger partial charge in [-0.15, -0.1) is 0 Å². The minimum atomic E-state index is -0.996. The van der Waals surface area contributed by atoms with E-state index in [2.05, 4.69) is 29.6 Å². The van der Waals surface area contributed by atoms with E-state index in [-0.39, 0.29) is 30.3 Å². The third-order valence-electron chi connectivity index (χ3n) is 7.32. The largest absolute Gasteiger partial charge is 0.480 e. The van der Waals surface area contributed by atoms with Crippen LogP contribution in [-0.4, -0.2) is 54.2 Å². The standard InChI is InChI=1S/C27H32N2O5/c1-3-24(26(31)32)29(2)25(30)18-14-8-9-17(18)15-28-27(33)34-16-23-21-12-6-4-10-19(21)20-11-5-7-13-22(20)23/h4-7,10-13,17-18,23-24H,3,8-9,14-16H2,1-2H3,(H,28,33)(H,31,32)/t17-,18-,24?/m1/s1. The number of ether oxygens (including phenoxy) is 1. The zero-order valence-corrected chi connectivity index (χ0v) is 19.7. The minimum Gasteiger partial charge on any atom is -0.480 e. The van der Waals surface area contributed by atoms with E-state index in [0.717, 1.165) is 24.0 Å². The number of rotatable bonds is 8. The first-order valence-electron chi connectivity index (χ1n) is 12.0. The lowest BCUT2D eigenvalue weighted by Crippen LogP contribution is -2.46. The number of fused-ring (bicyclic) bond motifs is 3. The molecule has 0 heterocycles. The van der Waals surface area contributed by atoms with E-state index in [9.17, 15) is 19.5 Å². The molecule has 1 fully saturated rings. The predicted molar refractivity (Wildman–Crippen MR) is 128 cm³/mol. The van der Waals surface area contributed by atoms with E-state index in [1.807, 2.05) is 24.3 Å². The number of carbonyl (C=O) groups excluding carboxylic acids is 2. The fraction of sp³-hybridized carbons (Fsp3) is 0.444. The molecule has 0 aromatic heterocycles. The van der Waals surface area contributed by atoms with Crippen molar-refractivity contribution >= 4 is 18.0 Å². The Labute approximate surface area is 200 Å². The molecular formula is C27H32N2O5. The van der Waals surface area contributed by atoms with Gasteiger partial charge in [0.1, 0.15) is 12.6 Å². The summed E-state index contributed by atoms with van der Waals surface area (Å²) in [7, 11) is 1.55. The zero-order valence-electron chi connectivity index (χ0n) is 19.7. The van der Waals surface area contributed by atoms with Gasteiger partial charge >= 0.3 is 12.1 Å². The number of nitrogens with one attached hydrogen (secondary N) is 1. The van der Waals surface area contributed by atoms with Gasteiger partial charge in [0.05, 0.1) is 0 Å². The number of benzene rings is 2. The highest BCUT2D eigenvalue weighted by atomic mass is 16.5. The Bertz CT molecular complexity index is 1020. The van der Waals surface area contributed by atoms with Crippen LogP contribution in [0.1, 0.15) is 49.7 Å². The summed E-state index contributed by atoms with van der Waals surface area (Å²) in [5, 5.41) is 12.2. The van der Waals surface area contributed by atoms with E-state index >= 15 is 0 Å². The lowest BCUT2D eigenvalue weighted by molar-refractivity contribution is -0.151. The first-order chi connectivity index (χ1) is 16.4. The van der Waals surface area contributed by atoms with Crippen LogP contribution in [0.3, 0.4) is 0 Å². The lowest BCUT2D eigenvalue weighted by atomic mass is 9.94. The smallest absolute Gasteiger partial charge is 0.407 e. The number of aliphatic carboxylic acids is 1. The summed E-state index contributed by atoms with van der Waals surface area (Å²) in [6, 6.07) is 15.5. The molecule has 0 spiro atoms. The van der Waals surface area contributed by atoms with Gasteiger partial charge in [-0.1, -0.05) is 61.9 Å². The third-order valence-corrected chi connectivity index (χ3v) is 7.32. The monoisotopic (exact) mass is 464 g/mol. The van der Waals surface area contributed by atoms with Crippen molar-refractivity contribution in [2.75, 3.05) is 20.2 Å². The van der Waals surface area contributed by atoms with Gasteiger partial charge < -0.3 is 20.1 Å². The maximum absolute atomic E-state index is 13.0. The lowest BCUT2D eigenvalue weighted by Gasteiger charge is -2.29. The zero-order chi connectivity index (χ0) is 24.2. The molecule has 0 aliphatic heterocycles. The maximum atomic E-state index is 13.0. The average molecular weight is 465 g/mol. The van der Waals surface area contributed by atoms with Crippen molar-refractivity contribution < 1.29 is 24.2 Å². The first-order valence-corrected chi connectivity index (χ1v) is 12.0. The van der Waals surface area contributed by atoms with Crippen LogP contribution in [0.2, 0.25) is 0 Å². The summed E-state index contributed by atoms with van der Waals surface area (Å²) in [5.74, 6) is -1.47. The van der Waals surface area contributed by atoms with Crippen LogP contribution in [0.4, 0.5) is 4.79 Å². The van der Waals surface area contributed by atoms with Gasteiger partial charge in [0, 0.05) is 25.4 Å². The molecule has 0 bridgehead atoms. The van der Waals surface area contributed by atoms with Gasteiger partial charge in [-0.3, -0.25) is 4.79 Å². The van der Waals surface area contributed by atoms with Crippen molar-refractivity contribution in [2.24, 2.45) is 11.8 Å². The van der Waals surface area contributed by atoms with E-state index < -0.39 is 18.1 Å². The van der Waals surface area contributed by atoms with Crippen LogP contribution in [0, 0.1) is 11.8 Å². The van der Waals surface area contributed by atoms with E-state index in [1.165, 1.54) is 16.0 Å². The Balaban J connectivity index is 1.33. The van der Waals surface area contributed by atoms with Crippen molar-refractivity contribution in [3.05, 3.63) is 59.7 Å². The van der Waals surface area contributed by atoms with Gasteiger partial charge in [0.15, 0.2) is 0 Å². The molecular weight excluding hydrogens is 432 g/mol. The number of carboxylic acid groups (broad SMARTS) is 1. The fourth-order valence-corrected chi connectivity index (χ4v) is 5.50. The normalized spacial score (nSPS) is 19.7. The molecule has 3 atom stereocenters. The van der Waals surface area contributed by atoms with E-state index in [0.29, 0.717) is 19.4 Å². The van der Waals surface area contributed by atoms with Crippen LogP contribution in [0.5, 0.6) is 0 Å². The molecule has 34 heavy (non-hydrogen) atoms. The Morgan fingerprint density at radius 3 is 2.26 bits per heavy atom. The molecule has 2 aromatic carbocycles. The molecule has 7 heteroatoms. The molecule has 2 amide bonds. The molecule has 2 N–H and O–H groups in total. The van der Waals surface area contributed by atoms with Gasteiger partial charge in [0.2, 0.25) is 5.91 Å². The Kier molecular flexibility index (Phi) is 7.20. The van der Waals surface area contributed by atoms with Crippen LogP contribution < -0.4 is 5.32 Å². The van der Waals surface area contributed by atoms with Gasteiger partial charge in [-0.25, -0.2) is 9.59 Å². The van der Waals surface area contributed by atoms with Crippen LogP contribution in [0.25, 0.3) is 11.1 Å². The molecule has 4 rings (SSSR count). The Morgan fingerprint density at radius 1 is 1.06 bits per heavy atom. The number of hydrogen-bond acceptors (Lipinski definition) is 4. The quantitative estimate of drug-likeness (QED) is 0.609. The first kappa shape index (κ1) is 23.8. The highest BCUT2D eigenvalue weighted by molar-refractivity contribution is 5.85. The number of amides is 2. The van der Waals surface area contributed by atoms with Crippen molar-refractivity contribution in [3.8, 4) is 11.1 Å². The van der Waals surface area contributed by atoms with Crippen molar-refractivity contribution in [3.63, 3.8) is 0 Å². The summed E-state index contributed by atoms with van der Waals surface area (Å²) in [4.78, 5) is 38.3. The SMILES string of the molecule is CCC(C(=O)O)N(C)C(=O)[C@@H]1CCC[C@@H]1CNC(=O)OCC1c2ccccc2-c2ccccc21. The molecule has 2 aliphatic rings. The second kappa shape index (κ2) is 10.3. The molecule has 180 valence electrons. The maximum Gasteiger partial charge on any atom is 0.407 e. The molecule has 1 saturated carbocycles. The highest BCUT2D eigenvalue weighted by Gasteiger charge is 2.38. The third kappa shape index (κ3) is 4.65. The summed E-state index contributed by atoms with van der Waals surface area (Å²) in [5.41, 5.74) is 4.67. The number of carboxylic acids is 1. The molecule has 7 nitrogen and oxygen atoms in total. The number of alkyl carbamates (subject to hydrolysis) is 1. The molecule has 0 radical (unpaired) electrons. The van der Waals surface area contributed by atoms with Crippen molar-refractivity contribution in [1.82, 2.24) is 10.2 Å². The van der Waals surface area contributed by atoms with Crippen LogP contribution in [0.15, 0.2) is 48.5 Å². The van der Waals surface area contributed by atoms with Gasteiger partial charge in [-0.05, 0) is 47.4 Å². The number of likely N-dealkylation sites (N-methyl/N-ethyl adjacent to an activating group) is 1. The van der Waals surface area contributed by atoms with Crippen LogP contribution in [-0.2, 0) is 14.3 Å². The predicted octanol–water partition coefficient (Wildman–Crippen LogP) is 4.26. The van der Waals surface area contributed by atoms with Gasteiger partial charge in [-0.2, -0.15) is 0 Å². The van der Waals surface area contributed by atoms with Crippen molar-refractivity contribution in [2.45, 2.75) is 44.6 Å². The number of nitrogens with zero attached hydrogens (tertiary/aromatic N) is 1. The Morgan fingerprint density at radius 2 is 1.68 bits per heavy atom. The molecule has 2 aliphatic carbocycles. The highest BCUT2D eigenvalue weighted by Crippen LogP contribution is 2.44. The molecule has 0 saturated heterocycles. The van der Waals surface area contributed by atoms with Gasteiger partial charge in [0.25, 0.3) is 0 Å². The Hall–Kier alpha value is -3.35. The van der Waals surface area contributed by atoms with E-state index in [1.54, 1.807) is 14.0 Å². The minimum absolute atomic E-state index is 0.00500. The summed E-state index contributed by atoms with van der Waals surface area (Å²) in [6.45, 7) is 2.34. The second-order valence-electron chi connectivity index (χ2n) is 9.22. The second-order valence-corrected chi connectivity index (χ2v) is 9.22. The van der Waals surface area contributed by atoms with E-state index in [4.69, 9.17) is 4.74 Å². The summed E-state index contributed by atoms with van der Waals surface area (Å²) >= 11 is 0. The molecule has 2 aromatic rings. The summed E-state index contributed by atoms with van der Waals surface area (Å²) < 4.78 is 5.61. The molecule has 1 unspecified atom stereocenters. The summed E-state index contributed by atoms with van der Waals surface area (Å²) in [6.07, 6.45) is 2.26. The van der Waals surface area contributed by atoms with Crippen molar-refractivity contribution in [1.29, 1.82) is 0 Å².